The van der Waals surface area contributed by atoms with Gasteiger partial charge in [0.2, 0.25) is 5.91 Å². The Balaban J connectivity index is 2.72. The fraction of sp³-hybridized carbons (Fsp3) is 0.688. The molecule has 136 valence electrons. The van der Waals surface area contributed by atoms with Gasteiger partial charge in [-0.05, 0) is 27.7 Å². The number of carbonyl (C=O) groups excluding carboxylic acids is 3. The Morgan fingerprint density at radius 2 is 2.17 bits per heavy atom. The third kappa shape index (κ3) is 7.96. The van der Waals surface area contributed by atoms with Gasteiger partial charge in [0.25, 0.3) is 0 Å². The van der Waals surface area contributed by atoms with Crippen LogP contribution in [0.25, 0.3) is 0 Å². The van der Waals surface area contributed by atoms with Gasteiger partial charge in [-0.15, -0.1) is 0 Å². The molecular formula is C16H26N2O6. The molecule has 8 heteroatoms. The van der Waals surface area contributed by atoms with E-state index in [-0.39, 0.29) is 18.9 Å². The molecule has 0 saturated carbocycles. The average Bonchev–Trinajstić information content (AvgIpc) is 2.45. The zero-order chi connectivity index (χ0) is 18.2. The second kappa shape index (κ2) is 9.27. The molecule has 2 amide bonds. The highest BCUT2D eigenvalue weighted by Crippen LogP contribution is 2.11. The molecule has 24 heavy (non-hydrogen) atoms. The zero-order valence-electron chi connectivity index (χ0n) is 14.6. The van der Waals surface area contributed by atoms with E-state index in [1.165, 1.54) is 12.2 Å². The first-order chi connectivity index (χ1) is 11.2. The Labute approximate surface area is 141 Å². The number of nitrogens with one attached hydrogen (secondary N) is 2. The van der Waals surface area contributed by atoms with E-state index in [0.29, 0.717) is 13.2 Å². The van der Waals surface area contributed by atoms with Crippen molar-refractivity contribution in [2.45, 2.75) is 51.9 Å². The van der Waals surface area contributed by atoms with Crippen LogP contribution < -0.4 is 10.6 Å². The second-order valence-electron chi connectivity index (χ2n) is 6.25. The molecule has 1 saturated heterocycles. The van der Waals surface area contributed by atoms with Crippen LogP contribution in [0.15, 0.2) is 12.2 Å². The zero-order valence-corrected chi connectivity index (χ0v) is 14.6. The largest absolute Gasteiger partial charge is 0.463 e. The van der Waals surface area contributed by atoms with E-state index in [2.05, 4.69) is 10.6 Å². The molecule has 1 aliphatic heterocycles. The standard InChI is InChI=1S/C16H26N2O6/c1-5-22-13(19)7-6-11(18-15(21)24-16(2,3)4)10-12-14(20)17-8-9-23-12/h6-7,11-12H,5,8-10H2,1-4H3,(H,17,20)(H,18,21)/b7-6+/t11-,12+/m1/s1. The van der Waals surface area contributed by atoms with Gasteiger partial charge in [-0.2, -0.15) is 0 Å². The summed E-state index contributed by atoms with van der Waals surface area (Å²) in [6.07, 6.45) is 1.52. The number of hydrogen-bond acceptors (Lipinski definition) is 6. The number of rotatable bonds is 6. The molecular weight excluding hydrogens is 316 g/mol. The maximum atomic E-state index is 11.9. The molecule has 0 radical (unpaired) electrons. The second-order valence-corrected chi connectivity index (χ2v) is 6.25. The number of morpholine rings is 1. The quantitative estimate of drug-likeness (QED) is 0.549. The minimum Gasteiger partial charge on any atom is -0.463 e. The minimum absolute atomic E-state index is 0.182. The number of ether oxygens (including phenoxy) is 3. The lowest BCUT2D eigenvalue weighted by atomic mass is 10.1. The smallest absolute Gasteiger partial charge is 0.408 e. The van der Waals surface area contributed by atoms with Crippen LogP contribution in [0.3, 0.4) is 0 Å². The van der Waals surface area contributed by atoms with E-state index in [0.717, 1.165) is 0 Å². The van der Waals surface area contributed by atoms with Crippen LogP contribution in [-0.4, -0.2) is 55.5 Å². The Hall–Kier alpha value is -2.09. The summed E-state index contributed by atoms with van der Waals surface area (Å²) >= 11 is 0. The van der Waals surface area contributed by atoms with Crippen molar-refractivity contribution in [3.8, 4) is 0 Å². The van der Waals surface area contributed by atoms with Crippen molar-refractivity contribution in [3.05, 3.63) is 12.2 Å². The highest BCUT2D eigenvalue weighted by Gasteiger charge is 2.27. The molecule has 1 aliphatic rings. The lowest BCUT2D eigenvalue weighted by molar-refractivity contribution is -0.138. The number of esters is 1. The Morgan fingerprint density at radius 1 is 1.46 bits per heavy atom. The maximum Gasteiger partial charge on any atom is 0.408 e. The van der Waals surface area contributed by atoms with Gasteiger partial charge in [-0.1, -0.05) is 6.08 Å². The van der Waals surface area contributed by atoms with E-state index >= 15 is 0 Å². The molecule has 0 unspecified atom stereocenters. The molecule has 1 rings (SSSR count). The Morgan fingerprint density at radius 3 is 2.75 bits per heavy atom. The number of alkyl carbamates (subject to hydrolysis) is 1. The number of amides is 2. The van der Waals surface area contributed by atoms with Gasteiger partial charge in [0.1, 0.15) is 11.7 Å². The average molecular weight is 342 g/mol. The predicted molar refractivity (Wildman–Crippen MR) is 86.3 cm³/mol. The lowest BCUT2D eigenvalue weighted by Crippen LogP contribution is -2.48. The van der Waals surface area contributed by atoms with Crippen molar-refractivity contribution in [2.24, 2.45) is 0 Å². The summed E-state index contributed by atoms with van der Waals surface area (Å²) < 4.78 is 15.4. The van der Waals surface area contributed by atoms with Crippen LogP contribution in [0.1, 0.15) is 34.1 Å². The number of hydrogen-bond donors (Lipinski definition) is 2. The molecule has 2 N–H and O–H groups in total. The summed E-state index contributed by atoms with van der Waals surface area (Å²) in [6, 6.07) is -0.613. The summed E-state index contributed by atoms with van der Waals surface area (Å²) in [6.45, 7) is 8.04. The van der Waals surface area contributed by atoms with Crippen molar-refractivity contribution in [3.63, 3.8) is 0 Å². The molecule has 0 aliphatic carbocycles. The van der Waals surface area contributed by atoms with E-state index in [9.17, 15) is 14.4 Å². The fourth-order valence-electron chi connectivity index (χ4n) is 2.00. The molecule has 0 aromatic rings. The van der Waals surface area contributed by atoms with Crippen LogP contribution in [0.2, 0.25) is 0 Å². The first kappa shape index (κ1) is 20.0. The summed E-state index contributed by atoms with van der Waals surface area (Å²) in [5, 5.41) is 5.31. The van der Waals surface area contributed by atoms with Gasteiger partial charge in [0.15, 0.2) is 0 Å². The summed E-state index contributed by atoms with van der Waals surface area (Å²) in [5.74, 6) is -0.774. The van der Waals surface area contributed by atoms with E-state index < -0.39 is 29.8 Å². The normalized spacial score (nSPS) is 19.5. The summed E-state index contributed by atoms with van der Waals surface area (Å²) in [4.78, 5) is 35.2. The highest BCUT2D eigenvalue weighted by atomic mass is 16.6. The van der Waals surface area contributed by atoms with Crippen molar-refractivity contribution < 1.29 is 28.6 Å². The van der Waals surface area contributed by atoms with Crippen LogP contribution >= 0.6 is 0 Å². The first-order valence-corrected chi connectivity index (χ1v) is 7.95. The molecule has 8 nitrogen and oxygen atoms in total. The van der Waals surface area contributed by atoms with Crippen molar-refractivity contribution in [1.29, 1.82) is 0 Å². The van der Waals surface area contributed by atoms with Gasteiger partial charge in [-0.3, -0.25) is 4.79 Å². The highest BCUT2D eigenvalue weighted by molar-refractivity contribution is 5.83. The molecule has 1 heterocycles. The van der Waals surface area contributed by atoms with Crippen LogP contribution in [0.4, 0.5) is 4.79 Å². The summed E-state index contributed by atoms with van der Waals surface area (Å²) in [5.41, 5.74) is -0.655. The van der Waals surface area contributed by atoms with E-state index in [1.54, 1.807) is 27.7 Å². The van der Waals surface area contributed by atoms with Crippen LogP contribution in [-0.2, 0) is 23.8 Å². The van der Waals surface area contributed by atoms with Crippen LogP contribution in [0, 0.1) is 0 Å². The van der Waals surface area contributed by atoms with E-state index in [1.807, 2.05) is 0 Å². The predicted octanol–water partition coefficient (Wildman–Crippen LogP) is 0.904. The number of carbonyl (C=O) groups is 3. The van der Waals surface area contributed by atoms with E-state index in [4.69, 9.17) is 14.2 Å². The van der Waals surface area contributed by atoms with Gasteiger partial charge < -0.3 is 24.8 Å². The van der Waals surface area contributed by atoms with Gasteiger partial charge in [0, 0.05) is 19.0 Å². The third-order valence-corrected chi connectivity index (χ3v) is 2.93. The molecule has 2 atom stereocenters. The maximum absolute atomic E-state index is 11.9. The first-order valence-electron chi connectivity index (χ1n) is 7.95. The van der Waals surface area contributed by atoms with Crippen molar-refractivity contribution >= 4 is 18.0 Å². The monoisotopic (exact) mass is 342 g/mol. The van der Waals surface area contributed by atoms with Crippen LogP contribution in [0.5, 0.6) is 0 Å². The molecule has 1 fully saturated rings. The lowest BCUT2D eigenvalue weighted by Gasteiger charge is -2.27. The van der Waals surface area contributed by atoms with Gasteiger partial charge in [0.05, 0.1) is 19.3 Å². The third-order valence-electron chi connectivity index (χ3n) is 2.93. The van der Waals surface area contributed by atoms with Crippen molar-refractivity contribution in [1.82, 2.24) is 10.6 Å². The molecule has 0 aromatic carbocycles. The Kier molecular flexibility index (Phi) is 7.70. The fourth-order valence-corrected chi connectivity index (χ4v) is 2.00. The summed E-state index contributed by atoms with van der Waals surface area (Å²) in [7, 11) is 0. The van der Waals surface area contributed by atoms with Gasteiger partial charge in [-0.25, -0.2) is 9.59 Å². The minimum atomic E-state index is -0.703. The topological polar surface area (TPSA) is 103 Å². The molecule has 0 aromatic heterocycles. The Bertz CT molecular complexity index is 483. The van der Waals surface area contributed by atoms with Gasteiger partial charge >= 0.3 is 12.1 Å². The SMILES string of the molecule is CCOC(=O)/C=C/[C@H](C[C@@H]1OCCNC1=O)NC(=O)OC(C)(C)C. The molecule has 0 spiro atoms. The molecule has 0 bridgehead atoms. The van der Waals surface area contributed by atoms with Crippen molar-refractivity contribution in [2.75, 3.05) is 19.8 Å².